The number of hydrogen-bond donors (Lipinski definition) is 0. The average molecular weight is 677 g/mol. The lowest BCUT2D eigenvalue weighted by Gasteiger charge is -2.25. The summed E-state index contributed by atoms with van der Waals surface area (Å²) >= 11 is 0. The van der Waals surface area contributed by atoms with Crippen LogP contribution in [0.1, 0.15) is 25.0 Å². The number of benzene rings is 8. The Hall–Kier alpha value is -6.64. The molecule has 0 saturated carbocycles. The third kappa shape index (κ3) is 5.02. The molecule has 53 heavy (non-hydrogen) atoms. The van der Waals surface area contributed by atoms with Crippen molar-refractivity contribution >= 4 is 21.5 Å². The van der Waals surface area contributed by atoms with Crippen LogP contribution in [0, 0.1) is 0 Å². The minimum absolute atomic E-state index is 0.167. The molecular weight excluding hydrogens is 641 g/mol. The van der Waals surface area contributed by atoms with E-state index in [1.165, 1.54) is 49.5 Å². The Balaban J connectivity index is 1.19. The van der Waals surface area contributed by atoms with Crippen molar-refractivity contribution in [1.29, 1.82) is 0 Å². The molecule has 0 amide bonds. The number of hydrogen-bond acceptors (Lipinski definition) is 2. The van der Waals surface area contributed by atoms with Gasteiger partial charge in [-0.2, -0.15) is 0 Å². The predicted octanol–water partition coefficient (Wildman–Crippen LogP) is 13.4. The summed E-state index contributed by atoms with van der Waals surface area (Å²) in [6.45, 7) is 4.76. The molecular formula is C51H36N2. The van der Waals surface area contributed by atoms with Gasteiger partial charge < -0.3 is 0 Å². The van der Waals surface area contributed by atoms with Crippen LogP contribution in [0.4, 0.5) is 0 Å². The van der Waals surface area contributed by atoms with Crippen molar-refractivity contribution < 1.29 is 0 Å². The smallest absolute Gasteiger partial charge is 0.161 e. The zero-order valence-electron chi connectivity index (χ0n) is 29.7. The molecule has 1 aliphatic carbocycles. The first-order valence-electron chi connectivity index (χ1n) is 18.3. The summed E-state index contributed by atoms with van der Waals surface area (Å²) in [5, 5.41) is 4.91. The van der Waals surface area contributed by atoms with Gasteiger partial charge in [0.2, 0.25) is 0 Å². The van der Waals surface area contributed by atoms with E-state index in [4.69, 9.17) is 9.97 Å². The van der Waals surface area contributed by atoms with Gasteiger partial charge in [0, 0.05) is 22.1 Å². The summed E-state index contributed by atoms with van der Waals surface area (Å²) in [5.74, 6) is 0.712. The van der Waals surface area contributed by atoms with Crippen molar-refractivity contribution in [3.05, 3.63) is 193 Å². The maximum absolute atomic E-state index is 5.36. The molecule has 0 fully saturated rings. The van der Waals surface area contributed by atoms with Gasteiger partial charge in [0.05, 0.1) is 11.4 Å². The molecule has 8 aromatic carbocycles. The Morgan fingerprint density at radius 1 is 0.377 bits per heavy atom. The molecule has 0 spiro atoms. The molecule has 0 N–H and O–H groups in total. The molecule has 0 unspecified atom stereocenters. The number of fused-ring (bicyclic) bond motifs is 6. The fourth-order valence-corrected chi connectivity index (χ4v) is 8.64. The van der Waals surface area contributed by atoms with Crippen molar-refractivity contribution in [3.8, 4) is 67.3 Å². The third-order valence-corrected chi connectivity index (χ3v) is 11.1. The highest BCUT2D eigenvalue weighted by Gasteiger charge is 2.38. The minimum atomic E-state index is -0.167. The van der Waals surface area contributed by atoms with E-state index in [1.807, 2.05) is 6.07 Å². The first kappa shape index (κ1) is 31.1. The standard InChI is InChI=1S/C51H36N2/c1-51(2)45-31-28-34-18-9-10-22-37(34)48(45)44-27-15-26-42(49(44)51)40-29-30-43(39-24-13-12-23-38(39)40)50-52-46(35-19-7-4-8-20-35)32-47(53-50)41-25-14-11-21-36(41)33-16-5-3-6-17-33/h3-32H,1-2H3. The van der Waals surface area contributed by atoms with Crippen molar-refractivity contribution in [2.45, 2.75) is 19.3 Å². The summed E-state index contributed by atoms with van der Waals surface area (Å²) in [7, 11) is 0. The van der Waals surface area contributed by atoms with E-state index in [9.17, 15) is 0 Å². The molecule has 1 aliphatic rings. The summed E-state index contributed by atoms with van der Waals surface area (Å²) in [4.78, 5) is 10.6. The van der Waals surface area contributed by atoms with E-state index in [2.05, 4.69) is 190 Å². The minimum Gasteiger partial charge on any atom is -0.228 e. The Morgan fingerprint density at radius 2 is 0.943 bits per heavy atom. The lowest BCUT2D eigenvalue weighted by molar-refractivity contribution is 0.662. The van der Waals surface area contributed by atoms with E-state index in [-0.39, 0.29) is 5.41 Å². The predicted molar refractivity (Wildman–Crippen MR) is 222 cm³/mol. The summed E-state index contributed by atoms with van der Waals surface area (Å²) in [5.41, 5.74) is 15.0. The number of nitrogens with zero attached hydrogens (tertiary/aromatic N) is 2. The normalized spacial score (nSPS) is 12.9. The monoisotopic (exact) mass is 676 g/mol. The van der Waals surface area contributed by atoms with Crippen LogP contribution in [0.5, 0.6) is 0 Å². The molecule has 9 aromatic rings. The lowest BCUT2D eigenvalue weighted by Crippen LogP contribution is -2.16. The second-order valence-electron chi connectivity index (χ2n) is 14.5. The highest BCUT2D eigenvalue weighted by Crippen LogP contribution is 2.55. The Kier molecular flexibility index (Phi) is 7.19. The molecule has 2 heteroatoms. The van der Waals surface area contributed by atoms with Crippen LogP contribution < -0.4 is 0 Å². The Morgan fingerprint density at radius 3 is 1.72 bits per heavy atom. The van der Waals surface area contributed by atoms with Gasteiger partial charge in [-0.1, -0.05) is 184 Å². The zero-order chi connectivity index (χ0) is 35.5. The van der Waals surface area contributed by atoms with Crippen LogP contribution >= 0.6 is 0 Å². The van der Waals surface area contributed by atoms with Crippen molar-refractivity contribution in [2.75, 3.05) is 0 Å². The maximum atomic E-state index is 5.36. The van der Waals surface area contributed by atoms with E-state index in [0.29, 0.717) is 5.82 Å². The molecule has 0 atom stereocenters. The highest BCUT2D eigenvalue weighted by atomic mass is 14.9. The SMILES string of the molecule is CC1(C)c2ccc3ccccc3c2-c2cccc(-c3ccc(-c4nc(-c5ccccc5)cc(-c5ccccc5-c5ccccc5)n4)c4ccccc34)c21. The van der Waals surface area contributed by atoms with Gasteiger partial charge in [-0.15, -0.1) is 0 Å². The van der Waals surface area contributed by atoms with Gasteiger partial charge in [-0.25, -0.2) is 9.97 Å². The molecule has 0 saturated heterocycles. The molecule has 0 bridgehead atoms. The summed E-state index contributed by atoms with van der Waals surface area (Å²) in [6, 6.07) is 65.2. The van der Waals surface area contributed by atoms with Crippen LogP contribution in [0.15, 0.2) is 182 Å². The van der Waals surface area contributed by atoms with Gasteiger partial charge in [-0.3, -0.25) is 0 Å². The number of rotatable bonds is 5. The topological polar surface area (TPSA) is 25.8 Å². The van der Waals surface area contributed by atoms with E-state index in [0.717, 1.165) is 44.6 Å². The summed E-state index contributed by atoms with van der Waals surface area (Å²) < 4.78 is 0. The van der Waals surface area contributed by atoms with Crippen molar-refractivity contribution in [1.82, 2.24) is 9.97 Å². The second-order valence-corrected chi connectivity index (χ2v) is 14.5. The zero-order valence-corrected chi connectivity index (χ0v) is 29.7. The van der Waals surface area contributed by atoms with E-state index in [1.54, 1.807) is 0 Å². The molecule has 0 radical (unpaired) electrons. The van der Waals surface area contributed by atoms with Gasteiger partial charge in [0.25, 0.3) is 0 Å². The molecule has 2 nitrogen and oxygen atoms in total. The van der Waals surface area contributed by atoms with Crippen LogP contribution in [-0.2, 0) is 5.41 Å². The molecule has 250 valence electrons. The molecule has 1 heterocycles. The van der Waals surface area contributed by atoms with Crippen LogP contribution in [0.3, 0.4) is 0 Å². The lowest BCUT2D eigenvalue weighted by atomic mass is 9.78. The second kappa shape index (κ2) is 12.3. The maximum Gasteiger partial charge on any atom is 0.161 e. The molecule has 0 aliphatic heterocycles. The molecule has 1 aromatic heterocycles. The fourth-order valence-electron chi connectivity index (χ4n) is 8.64. The van der Waals surface area contributed by atoms with Crippen LogP contribution in [0.2, 0.25) is 0 Å². The van der Waals surface area contributed by atoms with Crippen molar-refractivity contribution in [2.24, 2.45) is 0 Å². The van der Waals surface area contributed by atoms with Crippen LogP contribution in [-0.4, -0.2) is 9.97 Å². The molecule has 10 rings (SSSR count). The van der Waals surface area contributed by atoms with Gasteiger partial charge >= 0.3 is 0 Å². The Labute approximate surface area is 310 Å². The fraction of sp³-hybridized carbons (Fsp3) is 0.0588. The average Bonchev–Trinajstić information content (AvgIpc) is 3.47. The van der Waals surface area contributed by atoms with E-state index >= 15 is 0 Å². The Bertz CT molecular complexity index is 2850. The van der Waals surface area contributed by atoms with Crippen LogP contribution in [0.25, 0.3) is 88.8 Å². The third-order valence-electron chi connectivity index (χ3n) is 11.1. The highest BCUT2D eigenvalue weighted by molar-refractivity contribution is 6.08. The largest absolute Gasteiger partial charge is 0.228 e. The van der Waals surface area contributed by atoms with E-state index < -0.39 is 0 Å². The van der Waals surface area contributed by atoms with Crippen molar-refractivity contribution in [3.63, 3.8) is 0 Å². The first-order chi connectivity index (χ1) is 26.1. The summed E-state index contributed by atoms with van der Waals surface area (Å²) in [6.07, 6.45) is 0. The van der Waals surface area contributed by atoms with Gasteiger partial charge in [0.1, 0.15) is 0 Å². The quantitative estimate of drug-likeness (QED) is 0.181. The van der Waals surface area contributed by atoms with Gasteiger partial charge in [0.15, 0.2) is 5.82 Å². The first-order valence-corrected chi connectivity index (χ1v) is 18.3. The van der Waals surface area contributed by atoms with Gasteiger partial charge in [-0.05, 0) is 78.2 Å². The number of aromatic nitrogens is 2.